The Labute approximate surface area is 142 Å². The van der Waals surface area contributed by atoms with Crippen LogP contribution < -0.4 is 16.6 Å². The number of furan rings is 1. The van der Waals surface area contributed by atoms with E-state index in [0.717, 1.165) is 21.9 Å². The van der Waals surface area contributed by atoms with Crippen LogP contribution in [-0.4, -0.2) is 15.5 Å². The maximum absolute atomic E-state index is 12.5. The SMILES string of the molecule is Cc1ccc(CNC(=O)c2c[nH]c(=O)n(Cc3ccco3)c2=O)cc1. The summed E-state index contributed by atoms with van der Waals surface area (Å²) < 4.78 is 6.08. The van der Waals surface area contributed by atoms with Crippen LogP contribution in [-0.2, 0) is 13.1 Å². The van der Waals surface area contributed by atoms with Crippen molar-refractivity contribution >= 4 is 5.91 Å². The summed E-state index contributed by atoms with van der Waals surface area (Å²) in [7, 11) is 0. The number of carbonyl (C=O) groups excluding carboxylic acids is 1. The Hall–Kier alpha value is -3.35. The van der Waals surface area contributed by atoms with Crippen molar-refractivity contribution in [1.29, 1.82) is 0 Å². The molecule has 0 saturated heterocycles. The summed E-state index contributed by atoms with van der Waals surface area (Å²) >= 11 is 0. The van der Waals surface area contributed by atoms with Crippen LogP contribution in [0.3, 0.4) is 0 Å². The second-order valence-electron chi connectivity index (χ2n) is 5.65. The molecule has 0 saturated carbocycles. The van der Waals surface area contributed by atoms with Gasteiger partial charge in [0.1, 0.15) is 11.3 Å². The van der Waals surface area contributed by atoms with Gasteiger partial charge in [-0.15, -0.1) is 0 Å². The normalized spacial score (nSPS) is 10.6. The van der Waals surface area contributed by atoms with Gasteiger partial charge in [-0.3, -0.25) is 14.2 Å². The van der Waals surface area contributed by atoms with E-state index in [1.165, 1.54) is 6.26 Å². The lowest BCUT2D eigenvalue weighted by molar-refractivity contribution is 0.0948. The van der Waals surface area contributed by atoms with E-state index >= 15 is 0 Å². The predicted octanol–water partition coefficient (Wildman–Crippen LogP) is 1.42. The summed E-state index contributed by atoms with van der Waals surface area (Å²) in [5, 5.41) is 2.68. The van der Waals surface area contributed by atoms with Gasteiger partial charge in [-0.25, -0.2) is 4.79 Å². The zero-order valence-electron chi connectivity index (χ0n) is 13.6. The number of nitrogens with zero attached hydrogens (tertiary/aromatic N) is 1. The number of hydrogen-bond donors (Lipinski definition) is 2. The van der Waals surface area contributed by atoms with Crippen molar-refractivity contribution in [2.45, 2.75) is 20.0 Å². The van der Waals surface area contributed by atoms with Gasteiger partial charge in [-0.1, -0.05) is 29.8 Å². The first-order valence-electron chi connectivity index (χ1n) is 7.73. The fourth-order valence-electron chi connectivity index (χ4n) is 2.36. The quantitative estimate of drug-likeness (QED) is 0.734. The van der Waals surface area contributed by atoms with Crippen LogP contribution in [0.1, 0.15) is 27.2 Å². The predicted molar refractivity (Wildman–Crippen MR) is 91.5 cm³/mol. The maximum Gasteiger partial charge on any atom is 0.328 e. The maximum atomic E-state index is 12.5. The van der Waals surface area contributed by atoms with Crippen molar-refractivity contribution in [2.75, 3.05) is 0 Å². The van der Waals surface area contributed by atoms with Gasteiger partial charge in [0.15, 0.2) is 0 Å². The van der Waals surface area contributed by atoms with Crippen LogP contribution in [0.2, 0.25) is 0 Å². The molecule has 0 aliphatic rings. The molecule has 1 amide bonds. The van der Waals surface area contributed by atoms with Crippen LogP contribution in [0.25, 0.3) is 0 Å². The molecule has 0 bridgehead atoms. The number of aryl methyl sites for hydroxylation is 1. The molecule has 0 fully saturated rings. The van der Waals surface area contributed by atoms with Crippen molar-refractivity contribution in [2.24, 2.45) is 0 Å². The molecule has 2 heterocycles. The van der Waals surface area contributed by atoms with Gasteiger partial charge in [0, 0.05) is 12.7 Å². The second kappa shape index (κ2) is 7.04. The summed E-state index contributed by atoms with van der Waals surface area (Å²) in [4.78, 5) is 39.1. The topological polar surface area (TPSA) is 97.1 Å². The Balaban J connectivity index is 1.79. The molecule has 0 unspecified atom stereocenters. The molecule has 0 atom stereocenters. The van der Waals surface area contributed by atoms with E-state index in [1.54, 1.807) is 12.1 Å². The van der Waals surface area contributed by atoms with Gasteiger partial charge in [-0.05, 0) is 24.6 Å². The highest BCUT2D eigenvalue weighted by atomic mass is 16.3. The van der Waals surface area contributed by atoms with Crippen molar-refractivity contribution in [3.63, 3.8) is 0 Å². The molecule has 3 aromatic rings. The molecule has 3 rings (SSSR count). The second-order valence-corrected chi connectivity index (χ2v) is 5.65. The fraction of sp³-hybridized carbons (Fsp3) is 0.167. The highest BCUT2D eigenvalue weighted by molar-refractivity contribution is 5.93. The van der Waals surface area contributed by atoms with E-state index in [1.807, 2.05) is 31.2 Å². The Morgan fingerprint density at radius 2 is 1.96 bits per heavy atom. The molecule has 0 spiro atoms. The first-order chi connectivity index (χ1) is 12.0. The number of aromatic amines is 1. The van der Waals surface area contributed by atoms with Gasteiger partial charge < -0.3 is 14.7 Å². The number of nitrogens with one attached hydrogen (secondary N) is 2. The van der Waals surface area contributed by atoms with Crippen molar-refractivity contribution in [3.05, 3.63) is 92.1 Å². The molecular formula is C18H17N3O4. The zero-order chi connectivity index (χ0) is 17.8. The molecule has 7 heteroatoms. The number of hydrogen-bond acceptors (Lipinski definition) is 4. The number of amides is 1. The zero-order valence-corrected chi connectivity index (χ0v) is 13.6. The Bertz CT molecular complexity index is 982. The molecule has 2 N–H and O–H groups in total. The summed E-state index contributed by atoms with van der Waals surface area (Å²) in [6, 6.07) is 11.0. The van der Waals surface area contributed by atoms with Gasteiger partial charge in [0.25, 0.3) is 11.5 Å². The lowest BCUT2D eigenvalue weighted by Gasteiger charge is -2.07. The lowest BCUT2D eigenvalue weighted by Crippen LogP contribution is -2.40. The number of carbonyl (C=O) groups is 1. The summed E-state index contributed by atoms with van der Waals surface area (Å²) in [5.41, 5.74) is 0.645. The van der Waals surface area contributed by atoms with Gasteiger partial charge in [0.05, 0.1) is 12.8 Å². The average molecular weight is 339 g/mol. The minimum Gasteiger partial charge on any atom is -0.467 e. The third kappa shape index (κ3) is 3.77. The van der Waals surface area contributed by atoms with Crippen molar-refractivity contribution in [3.8, 4) is 0 Å². The van der Waals surface area contributed by atoms with E-state index in [-0.39, 0.29) is 18.7 Å². The van der Waals surface area contributed by atoms with Crippen molar-refractivity contribution in [1.82, 2.24) is 14.9 Å². The Morgan fingerprint density at radius 3 is 2.64 bits per heavy atom. The summed E-state index contributed by atoms with van der Waals surface area (Å²) in [6.07, 6.45) is 2.58. The molecule has 25 heavy (non-hydrogen) atoms. The standard InChI is InChI=1S/C18H17N3O4/c1-12-4-6-13(7-5-12)9-19-16(22)15-10-20-18(24)21(17(15)23)11-14-3-2-8-25-14/h2-8,10H,9,11H2,1H3,(H,19,22)(H,20,24). The fourth-order valence-corrected chi connectivity index (χ4v) is 2.36. The number of aromatic nitrogens is 2. The molecule has 1 aromatic carbocycles. The third-order valence-electron chi connectivity index (χ3n) is 3.77. The van der Waals surface area contributed by atoms with Crippen LogP contribution in [0.15, 0.2) is 62.9 Å². The van der Waals surface area contributed by atoms with Crippen LogP contribution in [0.5, 0.6) is 0 Å². The van der Waals surface area contributed by atoms with E-state index in [4.69, 9.17) is 4.42 Å². The lowest BCUT2D eigenvalue weighted by atomic mass is 10.1. The smallest absolute Gasteiger partial charge is 0.328 e. The minimum absolute atomic E-state index is 0.0414. The number of benzene rings is 1. The molecule has 0 radical (unpaired) electrons. The molecule has 2 aromatic heterocycles. The van der Waals surface area contributed by atoms with E-state index in [2.05, 4.69) is 10.3 Å². The first kappa shape index (κ1) is 16.5. The van der Waals surface area contributed by atoms with Crippen LogP contribution in [0, 0.1) is 6.92 Å². The van der Waals surface area contributed by atoms with E-state index in [9.17, 15) is 14.4 Å². The van der Waals surface area contributed by atoms with Gasteiger partial charge in [-0.2, -0.15) is 0 Å². The number of rotatable bonds is 5. The molecular weight excluding hydrogens is 322 g/mol. The third-order valence-corrected chi connectivity index (χ3v) is 3.77. The molecule has 128 valence electrons. The minimum atomic E-state index is -0.665. The molecule has 0 aliphatic heterocycles. The summed E-state index contributed by atoms with van der Waals surface area (Å²) in [6.45, 7) is 2.22. The Morgan fingerprint density at radius 1 is 1.20 bits per heavy atom. The first-order valence-corrected chi connectivity index (χ1v) is 7.73. The number of H-pyrrole nitrogens is 1. The molecule has 7 nitrogen and oxygen atoms in total. The van der Waals surface area contributed by atoms with Crippen molar-refractivity contribution < 1.29 is 9.21 Å². The van der Waals surface area contributed by atoms with E-state index in [0.29, 0.717) is 5.76 Å². The monoisotopic (exact) mass is 339 g/mol. The largest absolute Gasteiger partial charge is 0.467 e. The van der Waals surface area contributed by atoms with Crippen LogP contribution >= 0.6 is 0 Å². The summed E-state index contributed by atoms with van der Waals surface area (Å²) in [5.74, 6) is -0.0974. The average Bonchev–Trinajstić information content (AvgIpc) is 3.11. The molecule has 0 aliphatic carbocycles. The van der Waals surface area contributed by atoms with Crippen LogP contribution in [0.4, 0.5) is 0 Å². The van der Waals surface area contributed by atoms with E-state index < -0.39 is 17.2 Å². The highest BCUT2D eigenvalue weighted by Crippen LogP contribution is 2.03. The van der Waals surface area contributed by atoms with Gasteiger partial charge >= 0.3 is 5.69 Å². The Kier molecular flexibility index (Phi) is 4.65. The van der Waals surface area contributed by atoms with Gasteiger partial charge in [0.2, 0.25) is 0 Å². The highest BCUT2D eigenvalue weighted by Gasteiger charge is 2.15.